The highest BCUT2D eigenvalue weighted by atomic mass is 32.2. The molecule has 1 fully saturated rings. The number of aryl methyl sites for hydroxylation is 2. The molecule has 4 aromatic rings. The summed E-state index contributed by atoms with van der Waals surface area (Å²) in [6, 6.07) is 29.3. The molecule has 40 heavy (non-hydrogen) atoms. The lowest BCUT2D eigenvalue weighted by Crippen LogP contribution is -2.32. The molecule has 202 valence electrons. The fourth-order valence-electron chi connectivity index (χ4n) is 4.43. The highest BCUT2D eigenvalue weighted by Crippen LogP contribution is 2.38. The van der Waals surface area contributed by atoms with Crippen molar-refractivity contribution in [2.24, 2.45) is 4.99 Å². The molecule has 1 amide bonds. The summed E-state index contributed by atoms with van der Waals surface area (Å²) >= 11 is 2.97. The number of anilines is 1. The van der Waals surface area contributed by atoms with Gasteiger partial charge in [0.15, 0.2) is 11.3 Å². The second-order valence-corrected chi connectivity index (χ2v) is 11.7. The number of amidine groups is 1. The molecule has 2 aliphatic rings. The lowest BCUT2D eigenvalue weighted by atomic mass is 10.2. The maximum Gasteiger partial charge on any atom is 0.283 e. The van der Waals surface area contributed by atoms with Crippen LogP contribution in [0.25, 0.3) is 6.08 Å². The zero-order chi connectivity index (χ0) is 27.5. The fraction of sp³-hybridized carbons (Fsp3) is 0.188. The molecule has 0 unspecified atom stereocenters. The number of thioether (sulfide) groups is 1. The largest absolute Gasteiger partial charge is 0.484 e. The molecule has 3 aromatic carbocycles. The molecule has 6 rings (SSSR count). The van der Waals surface area contributed by atoms with E-state index >= 15 is 0 Å². The van der Waals surface area contributed by atoms with Crippen LogP contribution in [0.2, 0.25) is 0 Å². The van der Waals surface area contributed by atoms with Crippen LogP contribution in [0.3, 0.4) is 0 Å². The number of para-hydroxylation sites is 1. The lowest BCUT2D eigenvalue weighted by molar-refractivity contribution is -0.113. The number of aliphatic imine (C=N–C) groups is 1. The van der Waals surface area contributed by atoms with Gasteiger partial charge in [0.2, 0.25) is 6.29 Å². The fourth-order valence-corrected chi connectivity index (χ4v) is 6.21. The lowest BCUT2D eigenvalue weighted by Gasteiger charge is -2.21. The van der Waals surface area contributed by atoms with E-state index in [0.29, 0.717) is 23.0 Å². The molecule has 3 heterocycles. The minimum absolute atomic E-state index is 0.167. The van der Waals surface area contributed by atoms with Crippen molar-refractivity contribution in [3.8, 4) is 11.5 Å². The Hall–Kier alpha value is -3.85. The van der Waals surface area contributed by atoms with Gasteiger partial charge in [-0.25, -0.2) is 4.99 Å². The van der Waals surface area contributed by atoms with Gasteiger partial charge < -0.3 is 14.2 Å². The van der Waals surface area contributed by atoms with Crippen LogP contribution in [-0.2, 0) is 9.53 Å². The van der Waals surface area contributed by atoms with E-state index in [-0.39, 0.29) is 17.4 Å². The van der Waals surface area contributed by atoms with Crippen molar-refractivity contribution in [3.05, 3.63) is 118 Å². The molecule has 0 N–H and O–H groups in total. The van der Waals surface area contributed by atoms with E-state index in [1.54, 1.807) is 16.2 Å². The first-order valence-electron chi connectivity index (χ1n) is 13.0. The monoisotopic (exact) mass is 568 g/mol. The summed E-state index contributed by atoms with van der Waals surface area (Å²) < 4.78 is 19.0. The van der Waals surface area contributed by atoms with Crippen LogP contribution in [0.4, 0.5) is 5.69 Å². The number of carbonyl (C=O) groups excluding carboxylic acids is 1. The Balaban J connectivity index is 1.26. The van der Waals surface area contributed by atoms with E-state index < -0.39 is 6.29 Å². The Bertz CT molecular complexity index is 1460. The van der Waals surface area contributed by atoms with Gasteiger partial charge in [0, 0.05) is 11.3 Å². The Morgan fingerprint density at radius 1 is 0.900 bits per heavy atom. The summed E-state index contributed by atoms with van der Waals surface area (Å²) in [6.45, 7) is 4.08. The Morgan fingerprint density at radius 2 is 1.57 bits per heavy atom. The van der Waals surface area contributed by atoms with E-state index in [2.05, 4.69) is 0 Å². The smallest absolute Gasteiger partial charge is 0.283 e. The number of hydrogen-bond donors (Lipinski definition) is 0. The predicted molar refractivity (Wildman–Crippen MR) is 162 cm³/mol. The van der Waals surface area contributed by atoms with Crippen molar-refractivity contribution in [1.29, 1.82) is 0 Å². The van der Waals surface area contributed by atoms with Crippen molar-refractivity contribution in [1.82, 2.24) is 0 Å². The topological polar surface area (TPSA) is 60.4 Å². The second-order valence-electron chi connectivity index (χ2n) is 9.60. The van der Waals surface area contributed by atoms with Crippen molar-refractivity contribution in [2.45, 2.75) is 38.1 Å². The third-order valence-electron chi connectivity index (χ3n) is 6.50. The Morgan fingerprint density at radius 3 is 2.23 bits per heavy atom. The Kier molecular flexibility index (Phi) is 7.73. The van der Waals surface area contributed by atoms with Crippen molar-refractivity contribution in [3.63, 3.8) is 0 Å². The normalized spacial score (nSPS) is 21.6. The quantitative estimate of drug-likeness (QED) is 0.217. The maximum absolute atomic E-state index is 13.5. The molecule has 1 aromatic heterocycles. The molecular formula is C32H28N2O4S2. The highest BCUT2D eigenvalue weighted by molar-refractivity contribution is 8.14. The molecule has 6 nitrogen and oxygen atoms in total. The zero-order valence-electron chi connectivity index (χ0n) is 22.1. The van der Waals surface area contributed by atoms with Gasteiger partial charge in [-0.05, 0) is 67.8 Å². The molecule has 1 saturated heterocycles. The van der Waals surface area contributed by atoms with Crippen LogP contribution in [0.1, 0.15) is 22.4 Å². The first-order valence-corrected chi connectivity index (χ1v) is 14.8. The molecule has 8 heteroatoms. The zero-order valence-corrected chi connectivity index (χ0v) is 23.7. The minimum atomic E-state index is -0.634. The van der Waals surface area contributed by atoms with Gasteiger partial charge >= 0.3 is 0 Å². The van der Waals surface area contributed by atoms with Crippen molar-refractivity contribution in [2.75, 3.05) is 4.90 Å². The van der Waals surface area contributed by atoms with Crippen molar-refractivity contribution >= 4 is 45.9 Å². The first kappa shape index (κ1) is 26.4. The third-order valence-corrected chi connectivity index (χ3v) is 8.37. The van der Waals surface area contributed by atoms with Crippen LogP contribution in [0.15, 0.2) is 107 Å². The molecule has 3 atom stereocenters. The predicted octanol–water partition coefficient (Wildman–Crippen LogP) is 7.44. The third kappa shape index (κ3) is 5.99. The second kappa shape index (κ2) is 11.7. The van der Waals surface area contributed by atoms with E-state index in [9.17, 15) is 4.79 Å². The van der Waals surface area contributed by atoms with E-state index in [1.165, 1.54) is 11.8 Å². The molecule has 2 aliphatic heterocycles. The number of benzene rings is 3. The minimum Gasteiger partial charge on any atom is -0.484 e. The standard InChI is InChI=1S/C32H28N2O4S2/c1-21-10-14-24(15-11-21)36-28-20-29(38-31(28)37-25-16-12-22(2)13-17-25)40-32-33-27(19-26-9-6-18-39-26)30(35)34(32)23-7-4-3-5-8-23/h3-19,28-29,31H,20H2,1-2H3/b27-19-/t28-,29-,31-/m1/s1. The summed E-state index contributed by atoms with van der Waals surface area (Å²) in [7, 11) is 0. The van der Waals surface area contributed by atoms with Gasteiger partial charge in [0.05, 0.1) is 5.69 Å². The van der Waals surface area contributed by atoms with Gasteiger partial charge in [0.25, 0.3) is 5.91 Å². The maximum atomic E-state index is 13.5. The van der Waals surface area contributed by atoms with Crippen LogP contribution in [-0.4, -0.2) is 28.9 Å². The van der Waals surface area contributed by atoms with Gasteiger partial charge in [0.1, 0.15) is 22.6 Å². The summed E-state index contributed by atoms with van der Waals surface area (Å²) in [6.07, 6.45) is 1.39. The summed E-state index contributed by atoms with van der Waals surface area (Å²) in [5.41, 5.74) is 3.12. The average molecular weight is 569 g/mol. The Labute approximate surface area is 241 Å². The molecular weight excluding hydrogens is 540 g/mol. The number of ether oxygens (including phenoxy) is 3. The number of nitrogens with zero attached hydrogens (tertiary/aromatic N) is 2. The van der Waals surface area contributed by atoms with Crippen LogP contribution >= 0.6 is 23.1 Å². The van der Waals surface area contributed by atoms with Gasteiger partial charge in [-0.15, -0.1) is 11.3 Å². The molecule has 0 aliphatic carbocycles. The number of rotatable bonds is 7. The SMILES string of the molecule is Cc1ccc(O[C@@H]2O[C@H](SC3=N/C(=C\c4cccs4)C(=O)N3c3ccccc3)C[C@H]2Oc2ccc(C)cc2)cc1. The van der Waals surface area contributed by atoms with E-state index in [0.717, 1.165) is 27.4 Å². The molecule has 0 radical (unpaired) electrons. The van der Waals surface area contributed by atoms with Crippen LogP contribution < -0.4 is 14.4 Å². The van der Waals surface area contributed by atoms with Gasteiger partial charge in [-0.1, -0.05) is 71.4 Å². The van der Waals surface area contributed by atoms with Crippen molar-refractivity contribution < 1.29 is 19.0 Å². The number of amides is 1. The first-order chi connectivity index (χ1) is 19.5. The van der Waals surface area contributed by atoms with E-state index in [1.807, 2.05) is 116 Å². The molecule has 0 bridgehead atoms. The number of carbonyl (C=O) groups is 1. The summed E-state index contributed by atoms with van der Waals surface area (Å²) in [5.74, 6) is 1.29. The number of thiophene rings is 1. The van der Waals surface area contributed by atoms with Gasteiger partial charge in [-0.2, -0.15) is 0 Å². The summed E-state index contributed by atoms with van der Waals surface area (Å²) in [5, 5.41) is 2.55. The molecule has 0 saturated carbocycles. The van der Waals surface area contributed by atoms with Crippen LogP contribution in [0, 0.1) is 13.8 Å². The summed E-state index contributed by atoms with van der Waals surface area (Å²) in [4.78, 5) is 20.9. The van der Waals surface area contributed by atoms with E-state index in [4.69, 9.17) is 19.2 Å². The molecule has 0 spiro atoms. The highest BCUT2D eigenvalue weighted by Gasteiger charge is 2.42. The van der Waals surface area contributed by atoms with Crippen LogP contribution in [0.5, 0.6) is 11.5 Å². The van der Waals surface area contributed by atoms with Gasteiger partial charge in [-0.3, -0.25) is 9.69 Å². The number of hydrogen-bond acceptors (Lipinski definition) is 7. The average Bonchev–Trinajstić information content (AvgIpc) is 3.68.